The second kappa shape index (κ2) is 15.3. The maximum atomic E-state index is 13.3. The van der Waals surface area contributed by atoms with Crippen LogP contribution in [0.2, 0.25) is 0 Å². The van der Waals surface area contributed by atoms with Crippen molar-refractivity contribution in [3.63, 3.8) is 0 Å². The number of aliphatic carboxylic acids is 1. The van der Waals surface area contributed by atoms with Gasteiger partial charge in [0.15, 0.2) is 11.6 Å². The maximum absolute atomic E-state index is 13.3. The first-order valence-corrected chi connectivity index (χ1v) is 14.9. The van der Waals surface area contributed by atoms with Gasteiger partial charge in [0.2, 0.25) is 11.8 Å². The summed E-state index contributed by atoms with van der Waals surface area (Å²) < 4.78 is 10.6. The van der Waals surface area contributed by atoms with Crippen molar-refractivity contribution in [2.24, 2.45) is 5.92 Å². The average molecular weight is 611 g/mol. The fraction of sp³-hybridized carbons (Fsp3) is 0.419. The molecule has 2 amide bonds. The van der Waals surface area contributed by atoms with Crippen LogP contribution in [0.1, 0.15) is 57.0 Å². The molecule has 3 aromatic rings. The lowest BCUT2D eigenvalue weighted by Crippen LogP contribution is -2.54. The quantitative estimate of drug-likeness (QED) is 0.213. The Balaban J connectivity index is 1.68. The van der Waals surface area contributed by atoms with Crippen LogP contribution in [-0.2, 0) is 25.6 Å². The number of methoxy groups -OCH3 is 1. The summed E-state index contributed by atoms with van der Waals surface area (Å²) in [7, 11) is 1.48. The first kappa shape index (κ1) is 33.3. The second-order valence-electron chi connectivity index (χ2n) is 10.8. The molecule has 0 spiro atoms. The van der Waals surface area contributed by atoms with Gasteiger partial charge in [0.1, 0.15) is 11.8 Å². The Labute approximate surface area is 255 Å². The highest BCUT2D eigenvalue weighted by Gasteiger charge is 2.30. The van der Waals surface area contributed by atoms with Gasteiger partial charge in [-0.3, -0.25) is 19.2 Å². The molecule has 0 saturated heterocycles. The lowest BCUT2D eigenvalue weighted by Gasteiger charge is -2.25. The largest absolute Gasteiger partial charge is 0.496 e. The number of ketones is 1. The number of amides is 2. The van der Waals surface area contributed by atoms with E-state index in [1.54, 1.807) is 39.0 Å². The lowest BCUT2D eigenvalue weighted by atomic mass is 10.0. The third kappa shape index (κ3) is 9.67. The minimum atomic E-state index is -1.25. The molecular weight excluding hydrogens is 572 g/mol. The Morgan fingerprint density at radius 2 is 1.72 bits per heavy atom. The molecule has 1 aromatic heterocycles. The highest BCUT2D eigenvalue weighted by molar-refractivity contribution is 8.00. The van der Waals surface area contributed by atoms with Crippen LogP contribution >= 0.6 is 11.8 Å². The number of nitrogens with one attached hydrogen (secondary N) is 2. The summed E-state index contributed by atoms with van der Waals surface area (Å²) in [5.74, 6) is -1.54. The highest BCUT2D eigenvalue weighted by atomic mass is 32.2. The summed E-state index contributed by atoms with van der Waals surface area (Å²) >= 11 is 1.27. The lowest BCUT2D eigenvalue weighted by molar-refractivity contribution is -0.140. The second-order valence-corrected chi connectivity index (χ2v) is 11.8. The summed E-state index contributed by atoms with van der Waals surface area (Å²) in [5, 5.41) is 18.5. The normalized spacial score (nSPS) is 12.6. The zero-order chi connectivity index (χ0) is 31.7. The number of carboxylic acid groups (broad SMARTS) is 1. The SMILES string of the molecule is COc1ccc(-c2nc(C)no2)cc1CC(=O)NC(C(=O)NC(CC(=O)O)C(=O)CSc1ccc(C(C)C)cc1)C(C)C. The molecule has 0 aliphatic carbocycles. The van der Waals surface area contributed by atoms with Gasteiger partial charge < -0.3 is 25.0 Å². The third-order valence-electron chi connectivity index (χ3n) is 6.68. The van der Waals surface area contributed by atoms with Crippen molar-refractivity contribution >= 4 is 35.3 Å². The number of carbonyl (C=O) groups excluding carboxylic acids is 3. The zero-order valence-corrected chi connectivity index (χ0v) is 26.0. The molecule has 0 fully saturated rings. The van der Waals surface area contributed by atoms with Crippen molar-refractivity contribution < 1.29 is 33.5 Å². The van der Waals surface area contributed by atoms with Crippen LogP contribution in [0.5, 0.6) is 5.75 Å². The molecule has 3 N–H and O–H groups in total. The van der Waals surface area contributed by atoms with Crippen molar-refractivity contribution in [2.75, 3.05) is 12.9 Å². The van der Waals surface area contributed by atoms with Crippen LogP contribution in [0, 0.1) is 12.8 Å². The first-order valence-electron chi connectivity index (χ1n) is 13.9. The molecule has 2 unspecified atom stereocenters. The number of hydrogen-bond acceptors (Lipinski definition) is 9. The Hall–Kier alpha value is -4.19. The number of thioether (sulfide) groups is 1. The summed E-state index contributed by atoms with van der Waals surface area (Å²) in [4.78, 5) is 56.0. The minimum Gasteiger partial charge on any atom is -0.496 e. The van der Waals surface area contributed by atoms with Crippen LogP contribution in [-0.4, -0.2) is 63.8 Å². The van der Waals surface area contributed by atoms with Crippen molar-refractivity contribution in [1.29, 1.82) is 0 Å². The van der Waals surface area contributed by atoms with E-state index in [-0.39, 0.29) is 18.1 Å². The molecule has 3 rings (SSSR count). The standard InChI is InChI=1S/C31H38N4O7S/c1-17(2)20-7-10-23(11-8-20)43-16-25(36)24(15-28(38)39)33-30(40)29(18(3)4)34-27(37)14-22-13-21(9-12-26(22)41-6)31-32-19(5)35-42-31/h7-13,17-18,24,29H,14-16H2,1-6H3,(H,33,40)(H,34,37)(H,38,39). The molecule has 0 saturated carbocycles. The monoisotopic (exact) mass is 610 g/mol. The third-order valence-corrected chi connectivity index (χ3v) is 7.72. The number of aromatic nitrogens is 2. The molecule has 230 valence electrons. The molecule has 0 aliphatic rings. The predicted molar refractivity (Wildman–Crippen MR) is 162 cm³/mol. The summed E-state index contributed by atoms with van der Waals surface area (Å²) in [6.45, 7) is 9.36. The smallest absolute Gasteiger partial charge is 0.305 e. The first-order chi connectivity index (χ1) is 20.4. The molecule has 0 aliphatic heterocycles. The van der Waals surface area contributed by atoms with Gasteiger partial charge in [-0.25, -0.2) is 0 Å². The number of hydrogen-bond donors (Lipinski definition) is 3. The number of rotatable bonds is 15. The van der Waals surface area contributed by atoms with E-state index >= 15 is 0 Å². The van der Waals surface area contributed by atoms with Crippen LogP contribution in [0.15, 0.2) is 51.9 Å². The number of aryl methyl sites for hydroxylation is 1. The van der Waals surface area contributed by atoms with Gasteiger partial charge in [-0.1, -0.05) is 45.0 Å². The molecule has 11 nitrogen and oxygen atoms in total. The molecule has 0 radical (unpaired) electrons. The Bertz CT molecular complexity index is 1440. The van der Waals surface area contributed by atoms with E-state index in [4.69, 9.17) is 9.26 Å². The number of carbonyl (C=O) groups is 4. The molecule has 43 heavy (non-hydrogen) atoms. The van der Waals surface area contributed by atoms with E-state index < -0.39 is 42.1 Å². The summed E-state index contributed by atoms with van der Waals surface area (Å²) in [6, 6.07) is 10.7. The molecule has 0 bridgehead atoms. The molecule has 2 aromatic carbocycles. The van der Waals surface area contributed by atoms with Crippen molar-refractivity contribution in [3.8, 4) is 17.2 Å². The summed E-state index contributed by atoms with van der Waals surface area (Å²) in [5.41, 5.74) is 2.31. The van der Waals surface area contributed by atoms with E-state index in [1.165, 1.54) is 24.4 Å². The van der Waals surface area contributed by atoms with E-state index in [0.717, 1.165) is 4.90 Å². The van der Waals surface area contributed by atoms with E-state index in [2.05, 4.69) is 34.6 Å². The van der Waals surface area contributed by atoms with Gasteiger partial charge in [0, 0.05) is 16.0 Å². The van der Waals surface area contributed by atoms with Crippen molar-refractivity contribution in [3.05, 3.63) is 59.4 Å². The van der Waals surface area contributed by atoms with Crippen LogP contribution in [0.4, 0.5) is 0 Å². The number of Topliss-reactive ketones (excluding diaryl/α,β-unsaturated/α-hetero) is 1. The van der Waals surface area contributed by atoms with Gasteiger partial charge in [-0.05, 0) is 54.7 Å². The highest BCUT2D eigenvalue weighted by Crippen LogP contribution is 2.26. The molecule has 12 heteroatoms. The fourth-order valence-electron chi connectivity index (χ4n) is 4.28. The van der Waals surface area contributed by atoms with Crippen molar-refractivity contribution in [1.82, 2.24) is 20.8 Å². The van der Waals surface area contributed by atoms with Gasteiger partial charge in [-0.15, -0.1) is 11.8 Å². The number of carboxylic acids is 1. The number of ether oxygens (including phenoxy) is 1. The molecular formula is C31H38N4O7S. The van der Waals surface area contributed by atoms with E-state index in [9.17, 15) is 24.3 Å². The number of benzene rings is 2. The minimum absolute atomic E-state index is 0.0202. The average Bonchev–Trinajstić information content (AvgIpc) is 3.40. The Kier molecular flexibility index (Phi) is 11.9. The predicted octanol–water partition coefficient (Wildman–Crippen LogP) is 4.18. The fourth-order valence-corrected chi connectivity index (χ4v) is 5.12. The Morgan fingerprint density at radius 1 is 1.02 bits per heavy atom. The van der Waals surface area contributed by atoms with E-state index in [0.29, 0.717) is 34.5 Å². The number of nitrogens with zero attached hydrogens (tertiary/aromatic N) is 2. The van der Waals surface area contributed by atoms with Gasteiger partial charge >= 0.3 is 5.97 Å². The summed E-state index contributed by atoms with van der Waals surface area (Å²) in [6.07, 6.45) is -0.695. The maximum Gasteiger partial charge on any atom is 0.305 e. The molecule has 2 atom stereocenters. The van der Waals surface area contributed by atoms with E-state index in [1.807, 2.05) is 24.3 Å². The Morgan fingerprint density at radius 3 is 2.28 bits per heavy atom. The topological polar surface area (TPSA) is 161 Å². The van der Waals surface area contributed by atoms with Gasteiger partial charge in [0.05, 0.1) is 31.7 Å². The molecule has 1 heterocycles. The zero-order valence-electron chi connectivity index (χ0n) is 25.2. The van der Waals surface area contributed by atoms with Gasteiger partial charge in [0.25, 0.3) is 5.89 Å². The van der Waals surface area contributed by atoms with Crippen LogP contribution in [0.3, 0.4) is 0 Å². The van der Waals surface area contributed by atoms with Crippen LogP contribution in [0.25, 0.3) is 11.5 Å². The van der Waals surface area contributed by atoms with Gasteiger partial charge in [-0.2, -0.15) is 4.98 Å². The van der Waals surface area contributed by atoms with Crippen LogP contribution < -0.4 is 15.4 Å². The van der Waals surface area contributed by atoms with Crippen molar-refractivity contribution in [2.45, 2.75) is 70.4 Å².